The summed E-state index contributed by atoms with van der Waals surface area (Å²) in [6, 6.07) is 2.62. The molecule has 0 heterocycles. The van der Waals surface area contributed by atoms with Crippen LogP contribution in [0, 0.1) is 5.82 Å². The van der Waals surface area contributed by atoms with Gasteiger partial charge in [-0.15, -0.1) is 0 Å². The van der Waals surface area contributed by atoms with E-state index in [0.29, 0.717) is 0 Å². The number of benzene rings is 1. The molecule has 0 aliphatic heterocycles. The molecule has 1 N–H and O–H groups in total. The van der Waals surface area contributed by atoms with Crippen LogP contribution < -0.4 is 0 Å². The van der Waals surface area contributed by atoms with Crippen LogP contribution in [-0.2, 0) is 14.8 Å². The van der Waals surface area contributed by atoms with E-state index in [1.54, 1.807) is 0 Å². The number of carbonyl (C=O) groups excluding carboxylic acids is 1. The largest absolute Gasteiger partial charge is 0.478 e. The summed E-state index contributed by atoms with van der Waals surface area (Å²) in [5, 5.41) is 8.63. The summed E-state index contributed by atoms with van der Waals surface area (Å²) >= 11 is 0. The molecule has 16 heavy (non-hydrogen) atoms. The highest BCUT2D eigenvalue weighted by atomic mass is 32.2. The first kappa shape index (κ1) is 12.0. The van der Waals surface area contributed by atoms with Crippen LogP contribution in [0.1, 0.15) is 10.4 Å². The number of hydrogen-bond acceptors (Lipinski definition) is 4. The number of nitrogens with zero attached hydrogens (tertiary/aromatic N) is 1. The molecular weight excluding hydrogens is 241 g/mol. The maximum atomic E-state index is 13.1. The summed E-state index contributed by atoms with van der Waals surface area (Å²) in [5.41, 5.74) is -1.05. The number of carboxylic acid groups (broad SMARTS) is 1. The second kappa shape index (κ2) is 4.21. The fourth-order valence-electron chi connectivity index (χ4n) is 1.03. The summed E-state index contributed by atoms with van der Waals surface area (Å²) in [4.78, 5) is 19.6. The lowest BCUT2D eigenvalue weighted by atomic mass is 10.2. The first-order valence-electron chi connectivity index (χ1n) is 3.76. The van der Waals surface area contributed by atoms with Gasteiger partial charge in [0.05, 0.1) is 0 Å². The lowest BCUT2D eigenvalue weighted by molar-refractivity contribution is 0.0687. The molecule has 0 radical (unpaired) electrons. The molecule has 0 saturated heterocycles. The van der Waals surface area contributed by atoms with Crippen LogP contribution in [0.4, 0.5) is 4.39 Å². The van der Waals surface area contributed by atoms with Crippen LogP contribution in [0.2, 0.25) is 0 Å². The molecule has 0 saturated carbocycles. The number of carboxylic acids is 1. The van der Waals surface area contributed by atoms with E-state index in [1.165, 1.54) is 0 Å². The van der Waals surface area contributed by atoms with E-state index < -0.39 is 32.3 Å². The Hall–Kier alpha value is -2.05. The monoisotopic (exact) mass is 245 g/mol. The molecule has 0 unspecified atom stereocenters. The lowest BCUT2D eigenvalue weighted by Crippen LogP contribution is -2.09. The van der Waals surface area contributed by atoms with E-state index >= 15 is 0 Å². The summed E-state index contributed by atoms with van der Waals surface area (Å²) in [7, 11) is -4.53. The van der Waals surface area contributed by atoms with Gasteiger partial charge < -0.3 is 5.11 Å². The molecule has 0 amide bonds. The van der Waals surface area contributed by atoms with Gasteiger partial charge in [0, 0.05) is 0 Å². The number of halogens is 1. The van der Waals surface area contributed by atoms with Crippen molar-refractivity contribution in [2.24, 2.45) is 4.40 Å². The molecule has 0 aromatic heterocycles. The maximum absolute atomic E-state index is 13.1. The van der Waals surface area contributed by atoms with Gasteiger partial charge in [0.15, 0.2) is 0 Å². The molecule has 1 aromatic carbocycles. The predicted molar refractivity (Wildman–Crippen MR) is 48.7 cm³/mol. The molecule has 6 nitrogen and oxygen atoms in total. The number of carbonyl (C=O) groups is 1. The fourth-order valence-corrected chi connectivity index (χ4v) is 1.91. The van der Waals surface area contributed by atoms with Gasteiger partial charge in [-0.3, -0.25) is 0 Å². The van der Waals surface area contributed by atoms with Crippen molar-refractivity contribution in [1.29, 1.82) is 0 Å². The van der Waals surface area contributed by atoms with E-state index in [9.17, 15) is 22.4 Å². The molecule has 1 aromatic rings. The van der Waals surface area contributed by atoms with Crippen LogP contribution in [-0.4, -0.2) is 25.6 Å². The number of hydrogen-bond donors (Lipinski definition) is 1. The van der Waals surface area contributed by atoms with Crippen LogP contribution in [0.3, 0.4) is 0 Å². The van der Waals surface area contributed by atoms with E-state index in [-0.39, 0.29) is 0 Å². The highest BCUT2D eigenvalue weighted by Gasteiger charge is 2.24. The Kier molecular flexibility index (Phi) is 3.17. The van der Waals surface area contributed by atoms with Crippen molar-refractivity contribution in [3.8, 4) is 0 Å². The van der Waals surface area contributed by atoms with Gasteiger partial charge in [0.2, 0.25) is 0 Å². The summed E-state index contributed by atoms with van der Waals surface area (Å²) in [6.07, 6.45) is 0.764. The Labute approximate surface area is 89.1 Å². The molecule has 0 aliphatic carbocycles. The summed E-state index contributed by atoms with van der Waals surface area (Å²) < 4.78 is 38.0. The molecule has 0 fully saturated rings. The predicted octanol–water partition coefficient (Wildman–Crippen LogP) is 0.548. The Morgan fingerprint density at radius 3 is 2.56 bits per heavy atom. The third kappa shape index (κ3) is 2.13. The van der Waals surface area contributed by atoms with Gasteiger partial charge in [0.25, 0.3) is 16.1 Å². The molecule has 0 spiro atoms. The number of sulfonamides is 1. The molecule has 8 heteroatoms. The maximum Gasteiger partial charge on any atom is 0.340 e. The second-order valence-electron chi connectivity index (χ2n) is 2.58. The van der Waals surface area contributed by atoms with Gasteiger partial charge in [0.1, 0.15) is 16.3 Å². The smallest absolute Gasteiger partial charge is 0.340 e. The Bertz CT molecular complexity index is 588. The fraction of sp³-hybridized carbons (Fsp3) is 0. The second-order valence-corrected chi connectivity index (χ2v) is 4.15. The van der Waals surface area contributed by atoms with Crippen LogP contribution in [0.15, 0.2) is 27.5 Å². The zero-order valence-corrected chi connectivity index (χ0v) is 8.36. The van der Waals surface area contributed by atoms with Gasteiger partial charge in [-0.2, -0.15) is 8.42 Å². The normalized spacial score (nSPS) is 10.6. The number of rotatable bonds is 3. The minimum atomic E-state index is -4.53. The van der Waals surface area contributed by atoms with Crippen LogP contribution >= 0.6 is 0 Å². The van der Waals surface area contributed by atoms with Gasteiger partial charge in [-0.1, -0.05) is 10.5 Å². The molecule has 1 rings (SSSR count). The Balaban J connectivity index is 3.64. The lowest BCUT2D eigenvalue weighted by Gasteiger charge is -2.02. The van der Waals surface area contributed by atoms with Crippen molar-refractivity contribution >= 4 is 22.1 Å². The van der Waals surface area contributed by atoms with E-state index in [4.69, 9.17) is 5.11 Å². The van der Waals surface area contributed by atoms with Gasteiger partial charge in [-0.25, -0.2) is 14.0 Å². The highest BCUT2D eigenvalue weighted by Crippen LogP contribution is 2.20. The SMILES string of the molecule is O=C=NS(=O)(=O)c1cccc(F)c1C(=O)O. The first-order chi connectivity index (χ1) is 7.40. The standard InChI is InChI=1S/C8H4FNO5S/c9-5-2-1-3-6(7(5)8(12)13)16(14,15)10-4-11/h1-3H,(H,12,13). The third-order valence-corrected chi connectivity index (χ3v) is 2.84. The zero-order valence-electron chi connectivity index (χ0n) is 7.55. The Morgan fingerprint density at radius 1 is 1.44 bits per heavy atom. The molecule has 0 bridgehead atoms. The average molecular weight is 245 g/mol. The van der Waals surface area contributed by atoms with Crippen molar-refractivity contribution in [2.45, 2.75) is 4.90 Å². The van der Waals surface area contributed by atoms with Crippen molar-refractivity contribution in [3.63, 3.8) is 0 Å². The summed E-state index contributed by atoms with van der Waals surface area (Å²) in [6.45, 7) is 0. The summed E-state index contributed by atoms with van der Waals surface area (Å²) in [5.74, 6) is -2.99. The van der Waals surface area contributed by atoms with Gasteiger partial charge in [-0.05, 0) is 12.1 Å². The quantitative estimate of drug-likeness (QED) is 0.619. The minimum Gasteiger partial charge on any atom is -0.478 e. The van der Waals surface area contributed by atoms with Crippen molar-refractivity contribution in [1.82, 2.24) is 0 Å². The van der Waals surface area contributed by atoms with Gasteiger partial charge >= 0.3 is 5.97 Å². The number of isocyanates is 1. The van der Waals surface area contributed by atoms with Crippen molar-refractivity contribution < 1.29 is 27.5 Å². The average Bonchev–Trinajstić information content (AvgIpc) is 2.16. The first-order valence-corrected chi connectivity index (χ1v) is 5.20. The Morgan fingerprint density at radius 2 is 2.06 bits per heavy atom. The van der Waals surface area contributed by atoms with Crippen molar-refractivity contribution in [3.05, 3.63) is 29.6 Å². The highest BCUT2D eigenvalue weighted by molar-refractivity contribution is 7.90. The molecule has 0 aliphatic rings. The molecular formula is C8H4FNO5S. The zero-order chi connectivity index (χ0) is 12.3. The topological polar surface area (TPSA) is 101 Å². The van der Waals surface area contributed by atoms with E-state index in [2.05, 4.69) is 4.40 Å². The van der Waals surface area contributed by atoms with E-state index in [1.807, 2.05) is 0 Å². The molecule has 0 atom stereocenters. The van der Waals surface area contributed by atoms with Crippen molar-refractivity contribution in [2.75, 3.05) is 0 Å². The van der Waals surface area contributed by atoms with Crippen LogP contribution in [0.25, 0.3) is 0 Å². The third-order valence-electron chi connectivity index (χ3n) is 1.62. The van der Waals surface area contributed by atoms with Crippen LogP contribution in [0.5, 0.6) is 0 Å². The number of aromatic carboxylic acids is 1. The minimum absolute atomic E-state index is 0.764. The van der Waals surface area contributed by atoms with E-state index in [0.717, 1.165) is 24.3 Å². The molecule has 84 valence electrons.